The molecular weight excluding hydrogens is 244 g/mol. The number of aromatic amines is 1. The third kappa shape index (κ3) is 1.95. The molecule has 0 saturated heterocycles. The number of phenolic OH excluding ortho intramolecular Hbond substituents is 2. The zero-order chi connectivity index (χ0) is 13.4. The van der Waals surface area contributed by atoms with Crippen LogP contribution in [0.3, 0.4) is 0 Å². The Labute approximate surface area is 109 Å². The SMILES string of the molecule is COc1ccc(O)cc1-c1nc2ccc(O)cc2[nH]1. The summed E-state index contributed by atoms with van der Waals surface area (Å²) in [5, 5.41) is 19.0. The van der Waals surface area contributed by atoms with E-state index in [9.17, 15) is 10.2 Å². The molecule has 5 heteroatoms. The fraction of sp³-hybridized carbons (Fsp3) is 0.0714. The van der Waals surface area contributed by atoms with E-state index in [1.807, 2.05) is 0 Å². The maximum absolute atomic E-state index is 9.58. The van der Waals surface area contributed by atoms with E-state index in [1.54, 1.807) is 43.5 Å². The van der Waals surface area contributed by atoms with E-state index in [-0.39, 0.29) is 11.5 Å². The lowest BCUT2D eigenvalue weighted by Crippen LogP contribution is -1.88. The van der Waals surface area contributed by atoms with E-state index in [4.69, 9.17) is 4.74 Å². The molecule has 3 rings (SSSR count). The normalized spacial score (nSPS) is 10.8. The number of aromatic hydroxyl groups is 2. The van der Waals surface area contributed by atoms with Gasteiger partial charge in [0.25, 0.3) is 0 Å². The van der Waals surface area contributed by atoms with Gasteiger partial charge in [-0.1, -0.05) is 0 Å². The number of hydrogen-bond acceptors (Lipinski definition) is 4. The minimum atomic E-state index is 0.138. The van der Waals surface area contributed by atoms with Crippen LogP contribution in [-0.2, 0) is 0 Å². The maximum Gasteiger partial charge on any atom is 0.142 e. The first-order valence-electron chi connectivity index (χ1n) is 5.73. The molecule has 0 unspecified atom stereocenters. The Morgan fingerprint density at radius 2 is 1.79 bits per heavy atom. The number of hydrogen-bond donors (Lipinski definition) is 3. The summed E-state index contributed by atoms with van der Waals surface area (Å²) in [5.41, 5.74) is 2.12. The van der Waals surface area contributed by atoms with E-state index in [1.165, 1.54) is 0 Å². The van der Waals surface area contributed by atoms with Gasteiger partial charge in [-0.15, -0.1) is 0 Å². The zero-order valence-electron chi connectivity index (χ0n) is 10.2. The van der Waals surface area contributed by atoms with E-state index >= 15 is 0 Å². The molecule has 0 saturated carbocycles. The van der Waals surface area contributed by atoms with Crippen molar-refractivity contribution in [2.24, 2.45) is 0 Å². The first-order chi connectivity index (χ1) is 9.17. The molecule has 0 spiro atoms. The number of phenols is 2. The molecular formula is C14H12N2O3. The highest BCUT2D eigenvalue weighted by Gasteiger charge is 2.11. The largest absolute Gasteiger partial charge is 0.508 e. The molecule has 0 atom stereocenters. The van der Waals surface area contributed by atoms with Gasteiger partial charge >= 0.3 is 0 Å². The van der Waals surface area contributed by atoms with Gasteiger partial charge in [0.15, 0.2) is 0 Å². The lowest BCUT2D eigenvalue weighted by molar-refractivity contribution is 0.414. The van der Waals surface area contributed by atoms with Crippen molar-refractivity contribution in [1.82, 2.24) is 9.97 Å². The van der Waals surface area contributed by atoms with E-state index in [0.29, 0.717) is 17.1 Å². The Hall–Kier alpha value is -2.69. The number of methoxy groups -OCH3 is 1. The summed E-state index contributed by atoms with van der Waals surface area (Å²) in [6, 6.07) is 9.70. The second-order valence-corrected chi connectivity index (χ2v) is 4.17. The average molecular weight is 256 g/mol. The molecule has 0 aliphatic rings. The van der Waals surface area contributed by atoms with Crippen LogP contribution in [0.5, 0.6) is 17.2 Å². The minimum Gasteiger partial charge on any atom is -0.508 e. The van der Waals surface area contributed by atoms with Crippen molar-refractivity contribution in [3.63, 3.8) is 0 Å². The molecule has 0 fully saturated rings. The summed E-state index contributed by atoms with van der Waals surface area (Å²) in [6.45, 7) is 0. The average Bonchev–Trinajstić information content (AvgIpc) is 2.81. The Bertz CT molecular complexity index is 750. The van der Waals surface area contributed by atoms with Gasteiger partial charge in [-0.2, -0.15) is 0 Å². The van der Waals surface area contributed by atoms with Gasteiger partial charge in [0.1, 0.15) is 23.1 Å². The number of imidazole rings is 1. The van der Waals surface area contributed by atoms with Crippen molar-refractivity contribution in [2.45, 2.75) is 0 Å². The van der Waals surface area contributed by atoms with Crippen molar-refractivity contribution in [1.29, 1.82) is 0 Å². The number of aromatic nitrogens is 2. The lowest BCUT2D eigenvalue weighted by Gasteiger charge is -2.06. The number of fused-ring (bicyclic) bond motifs is 1. The Morgan fingerprint density at radius 3 is 2.58 bits per heavy atom. The molecule has 2 aromatic carbocycles. The molecule has 0 bridgehead atoms. The van der Waals surface area contributed by atoms with Gasteiger partial charge < -0.3 is 19.9 Å². The van der Waals surface area contributed by atoms with Crippen molar-refractivity contribution in [3.05, 3.63) is 36.4 Å². The van der Waals surface area contributed by atoms with Crippen LogP contribution in [-0.4, -0.2) is 27.3 Å². The first kappa shape index (κ1) is 11.4. The second kappa shape index (κ2) is 4.20. The molecule has 3 aromatic rings. The van der Waals surface area contributed by atoms with Crippen LogP contribution in [0.25, 0.3) is 22.4 Å². The summed E-state index contributed by atoms with van der Waals surface area (Å²) >= 11 is 0. The van der Waals surface area contributed by atoms with E-state index in [2.05, 4.69) is 9.97 Å². The third-order valence-electron chi connectivity index (χ3n) is 2.90. The summed E-state index contributed by atoms with van der Waals surface area (Å²) in [6.07, 6.45) is 0. The monoisotopic (exact) mass is 256 g/mol. The van der Waals surface area contributed by atoms with Gasteiger partial charge in [-0.25, -0.2) is 4.98 Å². The molecule has 19 heavy (non-hydrogen) atoms. The number of H-pyrrole nitrogens is 1. The van der Waals surface area contributed by atoms with Crippen molar-refractivity contribution in [3.8, 4) is 28.6 Å². The predicted molar refractivity (Wildman–Crippen MR) is 71.4 cm³/mol. The predicted octanol–water partition coefficient (Wildman–Crippen LogP) is 2.65. The van der Waals surface area contributed by atoms with Crippen LogP contribution in [0, 0.1) is 0 Å². The van der Waals surface area contributed by atoms with E-state index in [0.717, 1.165) is 11.0 Å². The minimum absolute atomic E-state index is 0.138. The first-order valence-corrected chi connectivity index (χ1v) is 5.73. The zero-order valence-corrected chi connectivity index (χ0v) is 10.2. The van der Waals surface area contributed by atoms with Crippen LogP contribution in [0.1, 0.15) is 0 Å². The number of nitrogens with zero attached hydrogens (tertiary/aromatic N) is 1. The van der Waals surface area contributed by atoms with Crippen molar-refractivity contribution < 1.29 is 14.9 Å². The quantitative estimate of drug-likeness (QED) is 0.658. The third-order valence-corrected chi connectivity index (χ3v) is 2.90. The number of ether oxygens (including phenoxy) is 1. The number of nitrogens with one attached hydrogen (secondary N) is 1. The molecule has 1 aromatic heterocycles. The van der Waals surface area contributed by atoms with Gasteiger partial charge in [0.05, 0.1) is 23.7 Å². The summed E-state index contributed by atoms with van der Waals surface area (Å²) in [4.78, 5) is 7.51. The Kier molecular flexibility index (Phi) is 2.52. The molecule has 0 amide bonds. The van der Waals surface area contributed by atoms with Crippen LogP contribution >= 0.6 is 0 Å². The summed E-state index contributed by atoms with van der Waals surface area (Å²) < 4.78 is 5.25. The molecule has 0 aliphatic carbocycles. The van der Waals surface area contributed by atoms with Gasteiger partial charge in [0, 0.05) is 6.07 Å². The molecule has 0 radical (unpaired) electrons. The summed E-state index contributed by atoms with van der Waals surface area (Å²) in [7, 11) is 1.56. The fourth-order valence-electron chi connectivity index (χ4n) is 2.01. The van der Waals surface area contributed by atoms with Crippen LogP contribution in [0.2, 0.25) is 0 Å². The number of benzene rings is 2. The smallest absolute Gasteiger partial charge is 0.142 e. The molecule has 5 nitrogen and oxygen atoms in total. The molecule has 0 aliphatic heterocycles. The van der Waals surface area contributed by atoms with Crippen LogP contribution in [0.15, 0.2) is 36.4 Å². The Balaban J connectivity index is 2.21. The van der Waals surface area contributed by atoms with Gasteiger partial charge in [0.2, 0.25) is 0 Å². The highest BCUT2D eigenvalue weighted by atomic mass is 16.5. The highest BCUT2D eigenvalue weighted by Crippen LogP contribution is 2.32. The van der Waals surface area contributed by atoms with Crippen LogP contribution < -0.4 is 4.74 Å². The Morgan fingerprint density at radius 1 is 1.05 bits per heavy atom. The van der Waals surface area contributed by atoms with Crippen LogP contribution in [0.4, 0.5) is 0 Å². The molecule has 96 valence electrons. The standard InChI is InChI=1S/C14H12N2O3/c1-19-13-5-3-8(17)6-10(13)14-15-11-4-2-9(18)7-12(11)16-14/h2-7,17-18H,1H3,(H,15,16). The topological polar surface area (TPSA) is 78.4 Å². The van der Waals surface area contributed by atoms with Gasteiger partial charge in [-0.05, 0) is 30.3 Å². The lowest BCUT2D eigenvalue weighted by atomic mass is 10.2. The second-order valence-electron chi connectivity index (χ2n) is 4.17. The number of rotatable bonds is 2. The van der Waals surface area contributed by atoms with Crippen molar-refractivity contribution in [2.75, 3.05) is 7.11 Å². The van der Waals surface area contributed by atoms with Gasteiger partial charge in [-0.3, -0.25) is 0 Å². The molecule has 1 heterocycles. The van der Waals surface area contributed by atoms with Crippen molar-refractivity contribution >= 4 is 11.0 Å². The van der Waals surface area contributed by atoms with E-state index < -0.39 is 0 Å². The maximum atomic E-state index is 9.58. The molecule has 3 N–H and O–H groups in total. The summed E-state index contributed by atoms with van der Waals surface area (Å²) in [5.74, 6) is 1.50. The highest BCUT2D eigenvalue weighted by molar-refractivity contribution is 5.82. The fourth-order valence-corrected chi connectivity index (χ4v) is 2.01.